The van der Waals surface area contributed by atoms with Crippen LogP contribution >= 0.6 is 0 Å². The first kappa shape index (κ1) is 23.3. The van der Waals surface area contributed by atoms with Crippen LogP contribution in [0.3, 0.4) is 0 Å². The van der Waals surface area contributed by atoms with E-state index in [0.29, 0.717) is 0 Å². The number of para-hydroxylation sites is 2. The minimum absolute atomic E-state index is 0.805. The summed E-state index contributed by atoms with van der Waals surface area (Å²) >= 11 is 0. The zero-order valence-electron chi connectivity index (χ0n) is 14.5. The van der Waals surface area contributed by atoms with Crippen LogP contribution in [0.2, 0.25) is 0 Å². The molecule has 140 valence electrons. The second-order valence-corrected chi connectivity index (χ2v) is 5.65. The number of ether oxygens (including phenoxy) is 1. The third-order valence-electron chi connectivity index (χ3n) is 2.89. The molecular weight excluding hydrogens is 352 g/mol. The second kappa shape index (κ2) is 12.7. The predicted octanol–water partition coefficient (Wildman–Crippen LogP) is 5.09. The lowest BCUT2D eigenvalue weighted by molar-refractivity contribution is 0.381. The van der Waals surface area contributed by atoms with E-state index >= 15 is 0 Å². The first-order valence-electron chi connectivity index (χ1n) is 7.60. The van der Waals surface area contributed by atoms with Crippen LogP contribution < -0.4 is 4.74 Å². The SMILES string of the molecule is C=C.C=CCc1ccccc1Oc1ccccc1CC=C.O=S(=O)(O)O. The summed E-state index contributed by atoms with van der Waals surface area (Å²) in [5.74, 6) is 1.78. The molecular formula is C20H24O5S. The van der Waals surface area contributed by atoms with E-state index in [2.05, 4.69) is 38.4 Å². The molecule has 2 aromatic carbocycles. The van der Waals surface area contributed by atoms with E-state index in [-0.39, 0.29) is 0 Å². The van der Waals surface area contributed by atoms with Gasteiger partial charge in [-0.3, -0.25) is 9.11 Å². The van der Waals surface area contributed by atoms with Crippen LogP contribution in [-0.4, -0.2) is 17.5 Å². The molecule has 5 nitrogen and oxygen atoms in total. The van der Waals surface area contributed by atoms with Gasteiger partial charge < -0.3 is 4.74 Å². The van der Waals surface area contributed by atoms with Gasteiger partial charge >= 0.3 is 10.4 Å². The average Bonchev–Trinajstić information content (AvgIpc) is 2.59. The molecule has 0 aliphatic carbocycles. The molecule has 0 heterocycles. The smallest absolute Gasteiger partial charge is 0.394 e. The van der Waals surface area contributed by atoms with Crippen molar-refractivity contribution in [1.82, 2.24) is 0 Å². The highest BCUT2D eigenvalue weighted by atomic mass is 32.3. The summed E-state index contributed by atoms with van der Waals surface area (Å²) < 4.78 is 37.6. The van der Waals surface area contributed by atoms with Crippen molar-refractivity contribution in [3.8, 4) is 11.5 Å². The standard InChI is InChI=1S/C18H18O.C2H4.H2O4S/c1-3-9-15-11-5-7-13-17(15)19-18-14-8-6-12-16(18)10-4-2;1-2;1-5(2,3)4/h3-8,11-14H,1-2,9-10H2;1-2H2;(H2,1,2,3,4). The normalized spacial score (nSPS) is 9.62. The predicted molar refractivity (Wildman–Crippen MR) is 106 cm³/mol. The van der Waals surface area contributed by atoms with Gasteiger partial charge in [-0.2, -0.15) is 8.42 Å². The van der Waals surface area contributed by atoms with Crippen molar-refractivity contribution in [3.63, 3.8) is 0 Å². The van der Waals surface area contributed by atoms with Gasteiger partial charge in [-0.15, -0.1) is 26.3 Å². The van der Waals surface area contributed by atoms with Crippen LogP contribution in [-0.2, 0) is 23.2 Å². The molecule has 26 heavy (non-hydrogen) atoms. The van der Waals surface area contributed by atoms with E-state index in [1.807, 2.05) is 48.6 Å². The summed E-state index contributed by atoms with van der Waals surface area (Å²) in [6.07, 6.45) is 5.38. The molecule has 2 aromatic rings. The molecule has 0 aliphatic heterocycles. The largest absolute Gasteiger partial charge is 0.457 e. The molecule has 2 N–H and O–H groups in total. The molecule has 0 spiro atoms. The Morgan fingerprint density at radius 1 is 0.808 bits per heavy atom. The lowest BCUT2D eigenvalue weighted by atomic mass is 10.1. The fraction of sp³-hybridized carbons (Fsp3) is 0.100. The Kier molecular flexibility index (Phi) is 11.4. The van der Waals surface area contributed by atoms with E-state index in [1.165, 1.54) is 0 Å². The van der Waals surface area contributed by atoms with Crippen molar-refractivity contribution in [2.75, 3.05) is 0 Å². The summed E-state index contributed by atoms with van der Waals surface area (Å²) in [7, 11) is -4.67. The van der Waals surface area contributed by atoms with Gasteiger partial charge in [-0.1, -0.05) is 48.6 Å². The Morgan fingerprint density at radius 2 is 1.12 bits per heavy atom. The van der Waals surface area contributed by atoms with Gasteiger partial charge in [0.15, 0.2) is 0 Å². The van der Waals surface area contributed by atoms with Crippen LogP contribution in [0.25, 0.3) is 0 Å². The Balaban J connectivity index is 0.000000772. The van der Waals surface area contributed by atoms with Crippen molar-refractivity contribution in [2.24, 2.45) is 0 Å². The van der Waals surface area contributed by atoms with Crippen molar-refractivity contribution in [3.05, 3.63) is 98.1 Å². The highest BCUT2D eigenvalue weighted by molar-refractivity contribution is 7.79. The summed E-state index contributed by atoms with van der Waals surface area (Å²) in [6.45, 7) is 13.6. The van der Waals surface area contributed by atoms with Crippen LogP contribution in [0.4, 0.5) is 0 Å². The molecule has 0 bridgehead atoms. The molecule has 0 saturated carbocycles. The van der Waals surface area contributed by atoms with Crippen molar-refractivity contribution < 1.29 is 22.3 Å². The van der Waals surface area contributed by atoms with Crippen LogP contribution in [0.5, 0.6) is 11.5 Å². The monoisotopic (exact) mass is 376 g/mol. The van der Waals surface area contributed by atoms with Crippen molar-refractivity contribution in [2.45, 2.75) is 12.8 Å². The van der Waals surface area contributed by atoms with E-state index in [0.717, 1.165) is 35.5 Å². The molecule has 6 heteroatoms. The maximum atomic E-state index is 8.74. The van der Waals surface area contributed by atoms with Crippen LogP contribution in [0.1, 0.15) is 11.1 Å². The number of hydrogen-bond acceptors (Lipinski definition) is 3. The van der Waals surface area contributed by atoms with E-state index in [4.69, 9.17) is 22.3 Å². The lowest BCUT2D eigenvalue weighted by Crippen LogP contribution is -1.93. The maximum absolute atomic E-state index is 8.74. The molecule has 0 aromatic heterocycles. The minimum Gasteiger partial charge on any atom is -0.457 e. The highest BCUT2D eigenvalue weighted by Gasteiger charge is 2.06. The zero-order chi connectivity index (χ0) is 20.0. The van der Waals surface area contributed by atoms with Gasteiger partial charge in [-0.25, -0.2) is 0 Å². The number of hydrogen-bond donors (Lipinski definition) is 2. The molecule has 0 saturated heterocycles. The quantitative estimate of drug-likeness (QED) is 0.542. The molecule has 0 radical (unpaired) electrons. The van der Waals surface area contributed by atoms with E-state index in [9.17, 15) is 0 Å². The first-order chi connectivity index (χ1) is 12.3. The second-order valence-electron chi connectivity index (χ2n) is 4.75. The Bertz CT molecular complexity index is 738. The van der Waals surface area contributed by atoms with Gasteiger partial charge in [0, 0.05) is 0 Å². The number of benzene rings is 2. The maximum Gasteiger partial charge on any atom is 0.394 e. The molecule has 0 amide bonds. The molecule has 0 fully saturated rings. The molecule has 0 aliphatic rings. The topological polar surface area (TPSA) is 83.8 Å². The van der Waals surface area contributed by atoms with Gasteiger partial charge in [0.1, 0.15) is 11.5 Å². The summed E-state index contributed by atoms with van der Waals surface area (Å²) in [4.78, 5) is 0. The van der Waals surface area contributed by atoms with Gasteiger partial charge in [0.25, 0.3) is 0 Å². The van der Waals surface area contributed by atoms with Crippen molar-refractivity contribution in [1.29, 1.82) is 0 Å². The van der Waals surface area contributed by atoms with E-state index < -0.39 is 10.4 Å². The first-order valence-corrected chi connectivity index (χ1v) is 9.00. The van der Waals surface area contributed by atoms with Gasteiger partial charge in [-0.05, 0) is 36.1 Å². The lowest BCUT2D eigenvalue weighted by Gasteiger charge is -2.12. The Morgan fingerprint density at radius 3 is 1.42 bits per heavy atom. The highest BCUT2D eigenvalue weighted by Crippen LogP contribution is 2.28. The molecule has 2 rings (SSSR count). The zero-order valence-corrected chi connectivity index (χ0v) is 15.4. The summed E-state index contributed by atoms with van der Waals surface area (Å²) in [5.41, 5.74) is 2.29. The van der Waals surface area contributed by atoms with Gasteiger partial charge in [0.2, 0.25) is 0 Å². The minimum atomic E-state index is -4.67. The Labute approximate surface area is 155 Å². The van der Waals surface area contributed by atoms with Gasteiger partial charge in [0.05, 0.1) is 0 Å². The summed E-state index contributed by atoms with van der Waals surface area (Å²) in [5, 5.41) is 0. The van der Waals surface area contributed by atoms with Crippen LogP contribution in [0.15, 0.2) is 87.0 Å². The van der Waals surface area contributed by atoms with E-state index in [1.54, 1.807) is 0 Å². The fourth-order valence-corrected chi connectivity index (χ4v) is 1.97. The fourth-order valence-electron chi connectivity index (χ4n) is 1.97. The average molecular weight is 376 g/mol. The Hall–Kier alpha value is -2.67. The van der Waals surface area contributed by atoms with Crippen molar-refractivity contribution >= 4 is 10.4 Å². The third-order valence-corrected chi connectivity index (χ3v) is 2.89. The molecule has 0 unspecified atom stereocenters. The third kappa shape index (κ3) is 10.2. The summed E-state index contributed by atoms with van der Waals surface area (Å²) in [6, 6.07) is 16.1. The number of rotatable bonds is 6. The van der Waals surface area contributed by atoms with Crippen LogP contribution in [0, 0.1) is 0 Å². The number of allylic oxidation sites excluding steroid dienone is 2. The molecule has 0 atom stereocenters.